The highest BCUT2D eigenvalue weighted by atomic mass is 35.5. The number of hydrogen-bond acceptors (Lipinski definition) is 3. The molecule has 5 nitrogen and oxygen atoms in total. The minimum atomic E-state index is -1.07. The van der Waals surface area contributed by atoms with Gasteiger partial charge in [0, 0.05) is 10.9 Å². The van der Waals surface area contributed by atoms with E-state index in [9.17, 15) is 15.0 Å². The number of nitrogens with zero attached hydrogens (tertiary/aromatic N) is 1. The zero-order chi connectivity index (χ0) is 22.2. The van der Waals surface area contributed by atoms with Gasteiger partial charge in [-0.15, -0.1) is 0 Å². The SMILES string of the molecule is O=C(O)N1[C@@H](CO)COC(CC2c3ccccc3-c3ccccc32)[C@H]1c1ccc(Cl)cc1. The number of ether oxygens (including phenoxy) is 1. The van der Waals surface area contributed by atoms with E-state index in [0.717, 1.165) is 5.56 Å². The molecular weight excluding hydrogens is 426 g/mol. The van der Waals surface area contributed by atoms with Gasteiger partial charge in [-0.2, -0.15) is 0 Å². The number of halogens is 1. The molecule has 164 valence electrons. The number of benzene rings is 3. The van der Waals surface area contributed by atoms with Gasteiger partial charge in [0.1, 0.15) is 0 Å². The summed E-state index contributed by atoms with van der Waals surface area (Å²) in [6, 6.07) is 22.8. The summed E-state index contributed by atoms with van der Waals surface area (Å²) in [4.78, 5) is 13.6. The van der Waals surface area contributed by atoms with Crippen molar-refractivity contribution in [3.63, 3.8) is 0 Å². The number of rotatable bonds is 4. The molecule has 1 unspecified atom stereocenters. The van der Waals surface area contributed by atoms with Gasteiger partial charge >= 0.3 is 6.09 Å². The molecule has 1 saturated heterocycles. The molecule has 2 aliphatic rings. The number of amides is 1. The normalized spacial score (nSPS) is 22.4. The van der Waals surface area contributed by atoms with Crippen LogP contribution in [0, 0.1) is 0 Å². The van der Waals surface area contributed by atoms with Crippen molar-refractivity contribution in [3.8, 4) is 11.1 Å². The maximum absolute atomic E-state index is 12.3. The van der Waals surface area contributed by atoms with Crippen LogP contribution in [0.3, 0.4) is 0 Å². The zero-order valence-corrected chi connectivity index (χ0v) is 18.2. The maximum Gasteiger partial charge on any atom is 0.408 e. The molecule has 0 aromatic heterocycles. The number of aliphatic hydroxyl groups is 1. The van der Waals surface area contributed by atoms with Gasteiger partial charge in [0.15, 0.2) is 0 Å². The van der Waals surface area contributed by atoms with Gasteiger partial charge < -0.3 is 14.9 Å². The lowest BCUT2D eigenvalue weighted by atomic mass is 9.85. The van der Waals surface area contributed by atoms with Gasteiger partial charge in [0.25, 0.3) is 0 Å². The number of hydrogen-bond donors (Lipinski definition) is 2. The molecule has 0 radical (unpaired) electrons. The van der Waals surface area contributed by atoms with Crippen molar-refractivity contribution in [2.75, 3.05) is 13.2 Å². The Morgan fingerprint density at radius 1 is 0.969 bits per heavy atom. The van der Waals surface area contributed by atoms with Crippen molar-refractivity contribution in [1.29, 1.82) is 0 Å². The Bertz CT molecular complexity index is 1090. The highest BCUT2D eigenvalue weighted by Crippen LogP contribution is 2.49. The Morgan fingerprint density at radius 3 is 2.12 bits per heavy atom. The first-order chi connectivity index (χ1) is 15.6. The first-order valence-electron chi connectivity index (χ1n) is 10.8. The van der Waals surface area contributed by atoms with Crippen LogP contribution in [0.1, 0.15) is 35.1 Å². The van der Waals surface area contributed by atoms with Crippen molar-refractivity contribution in [2.45, 2.75) is 30.5 Å². The molecule has 0 bridgehead atoms. The second-order valence-electron chi connectivity index (χ2n) is 8.36. The molecule has 1 heterocycles. The van der Waals surface area contributed by atoms with Crippen LogP contribution >= 0.6 is 11.6 Å². The monoisotopic (exact) mass is 449 g/mol. The Labute approximate surface area is 191 Å². The molecule has 2 N–H and O–H groups in total. The Morgan fingerprint density at radius 2 is 1.56 bits per heavy atom. The quantitative estimate of drug-likeness (QED) is 0.565. The molecule has 0 spiro atoms. The predicted octanol–water partition coefficient (Wildman–Crippen LogP) is 5.32. The Kier molecular flexibility index (Phi) is 5.64. The topological polar surface area (TPSA) is 70.0 Å². The molecule has 1 aliphatic carbocycles. The zero-order valence-electron chi connectivity index (χ0n) is 17.4. The van der Waals surface area contributed by atoms with Crippen LogP contribution in [0.25, 0.3) is 11.1 Å². The van der Waals surface area contributed by atoms with Crippen molar-refractivity contribution in [1.82, 2.24) is 4.90 Å². The van der Waals surface area contributed by atoms with Crippen LogP contribution in [0.5, 0.6) is 0 Å². The Balaban J connectivity index is 1.56. The molecule has 3 atom stereocenters. The molecule has 1 fully saturated rings. The summed E-state index contributed by atoms with van der Waals surface area (Å²) >= 11 is 6.09. The summed E-state index contributed by atoms with van der Waals surface area (Å²) in [5.41, 5.74) is 5.71. The number of aliphatic hydroxyl groups excluding tert-OH is 1. The van der Waals surface area contributed by atoms with Crippen LogP contribution in [0.2, 0.25) is 5.02 Å². The van der Waals surface area contributed by atoms with E-state index in [0.29, 0.717) is 11.4 Å². The summed E-state index contributed by atoms with van der Waals surface area (Å²) in [5.74, 6) is 0.100. The summed E-state index contributed by atoms with van der Waals surface area (Å²) in [7, 11) is 0. The fourth-order valence-electron chi connectivity index (χ4n) is 5.21. The van der Waals surface area contributed by atoms with Gasteiger partial charge in [0.05, 0.1) is 31.4 Å². The van der Waals surface area contributed by atoms with Gasteiger partial charge in [-0.05, 0) is 46.4 Å². The predicted molar refractivity (Wildman–Crippen MR) is 123 cm³/mol. The highest BCUT2D eigenvalue weighted by Gasteiger charge is 2.44. The second kappa shape index (κ2) is 8.58. The van der Waals surface area contributed by atoms with Crippen LogP contribution in [0.4, 0.5) is 4.79 Å². The third-order valence-corrected chi connectivity index (χ3v) is 6.87. The summed E-state index contributed by atoms with van der Waals surface area (Å²) < 4.78 is 6.25. The number of carbonyl (C=O) groups is 1. The van der Waals surface area contributed by atoms with Crippen LogP contribution in [0.15, 0.2) is 72.8 Å². The van der Waals surface area contributed by atoms with Crippen molar-refractivity contribution < 1.29 is 19.7 Å². The molecule has 0 saturated carbocycles. The molecule has 5 rings (SSSR count). The Hall–Kier alpha value is -2.86. The van der Waals surface area contributed by atoms with Gasteiger partial charge in [-0.3, -0.25) is 4.90 Å². The first-order valence-corrected chi connectivity index (χ1v) is 11.1. The molecule has 3 aromatic rings. The van der Waals surface area contributed by atoms with Crippen LogP contribution in [-0.4, -0.2) is 46.6 Å². The smallest absolute Gasteiger partial charge is 0.408 e. The second-order valence-corrected chi connectivity index (χ2v) is 8.79. The van der Waals surface area contributed by atoms with Crippen molar-refractivity contribution >= 4 is 17.7 Å². The summed E-state index contributed by atoms with van der Waals surface area (Å²) in [5, 5.41) is 20.5. The van der Waals surface area contributed by atoms with Gasteiger partial charge in [0.2, 0.25) is 0 Å². The molecule has 1 amide bonds. The minimum Gasteiger partial charge on any atom is -0.465 e. The minimum absolute atomic E-state index is 0.100. The third kappa shape index (κ3) is 3.56. The fraction of sp³-hybridized carbons (Fsp3) is 0.269. The summed E-state index contributed by atoms with van der Waals surface area (Å²) in [6.45, 7) is -0.133. The number of carboxylic acid groups (broad SMARTS) is 1. The standard InChI is InChI=1S/C26H24ClNO4/c27-17-11-9-16(10-12-17)25-24(32-15-18(14-29)28(25)26(30)31)13-23-21-7-3-1-5-19(21)20-6-2-4-8-22(20)23/h1-12,18,23-25,29H,13-15H2,(H,30,31)/t18-,24?,25+/m0/s1. The average molecular weight is 450 g/mol. The lowest BCUT2D eigenvalue weighted by Crippen LogP contribution is -2.55. The van der Waals surface area contributed by atoms with Gasteiger partial charge in [-0.25, -0.2) is 4.79 Å². The average Bonchev–Trinajstić information content (AvgIpc) is 3.13. The third-order valence-electron chi connectivity index (χ3n) is 6.62. The van der Waals surface area contributed by atoms with E-state index in [-0.39, 0.29) is 25.2 Å². The van der Waals surface area contributed by atoms with E-state index in [4.69, 9.17) is 16.3 Å². The molecule has 3 aromatic carbocycles. The van der Waals surface area contributed by atoms with Crippen molar-refractivity contribution in [2.24, 2.45) is 0 Å². The van der Waals surface area contributed by atoms with Crippen LogP contribution in [-0.2, 0) is 4.74 Å². The molecule has 1 aliphatic heterocycles. The molecular formula is C26H24ClNO4. The van der Waals surface area contributed by atoms with E-state index in [1.165, 1.54) is 27.2 Å². The number of morpholine rings is 1. The lowest BCUT2D eigenvalue weighted by Gasteiger charge is -2.45. The van der Waals surface area contributed by atoms with E-state index < -0.39 is 18.2 Å². The van der Waals surface area contributed by atoms with E-state index >= 15 is 0 Å². The van der Waals surface area contributed by atoms with Crippen LogP contribution < -0.4 is 0 Å². The lowest BCUT2D eigenvalue weighted by molar-refractivity contribution is -0.107. The highest BCUT2D eigenvalue weighted by molar-refractivity contribution is 6.30. The first kappa shape index (κ1) is 21.0. The fourth-order valence-corrected chi connectivity index (χ4v) is 5.33. The van der Waals surface area contributed by atoms with Crippen molar-refractivity contribution in [3.05, 3.63) is 94.5 Å². The van der Waals surface area contributed by atoms with Gasteiger partial charge in [-0.1, -0.05) is 72.3 Å². The van der Waals surface area contributed by atoms with E-state index in [1.807, 2.05) is 36.4 Å². The summed E-state index contributed by atoms with van der Waals surface area (Å²) in [6.07, 6.45) is -0.813. The number of fused-ring (bicyclic) bond motifs is 3. The van der Waals surface area contributed by atoms with E-state index in [2.05, 4.69) is 24.3 Å². The molecule has 32 heavy (non-hydrogen) atoms. The van der Waals surface area contributed by atoms with E-state index in [1.54, 1.807) is 12.1 Å². The largest absolute Gasteiger partial charge is 0.465 e. The molecule has 6 heteroatoms. The maximum atomic E-state index is 12.3.